The Morgan fingerprint density at radius 3 is 2.24 bits per heavy atom. The molecule has 0 unspecified atom stereocenters. The molecule has 1 heterocycles. The average Bonchev–Trinajstić information content (AvgIpc) is 2.30. The summed E-state index contributed by atoms with van der Waals surface area (Å²) in [4.78, 5) is 0. The SMILES string of the molecule is Cc1cc(-c2ccc(C)c(N)c2N)nnc1N. The number of rotatable bonds is 1. The van der Waals surface area contributed by atoms with E-state index in [-0.39, 0.29) is 0 Å². The summed E-state index contributed by atoms with van der Waals surface area (Å²) in [6.45, 7) is 3.79. The molecule has 0 bridgehead atoms. The Hall–Kier alpha value is -2.30. The second-order valence-electron chi connectivity index (χ2n) is 4.06. The number of aromatic nitrogens is 2. The Labute approximate surface area is 99.6 Å². The van der Waals surface area contributed by atoms with E-state index in [1.807, 2.05) is 32.0 Å². The van der Waals surface area contributed by atoms with Crippen LogP contribution in [0.1, 0.15) is 11.1 Å². The molecule has 0 amide bonds. The molecule has 0 fully saturated rings. The fourth-order valence-corrected chi connectivity index (χ4v) is 1.59. The lowest BCUT2D eigenvalue weighted by atomic mass is 10.0. The van der Waals surface area contributed by atoms with Crippen molar-refractivity contribution in [1.82, 2.24) is 10.2 Å². The summed E-state index contributed by atoms with van der Waals surface area (Å²) in [5.74, 6) is 0.424. The maximum Gasteiger partial charge on any atom is 0.149 e. The van der Waals surface area contributed by atoms with Gasteiger partial charge in [-0.15, -0.1) is 10.2 Å². The van der Waals surface area contributed by atoms with Crippen LogP contribution < -0.4 is 17.2 Å². The minimum Gasteiger partial charge on any atom is -0.397 e. The van der Waals surface area contributed by atoms with Crippen molar-refractivity contribution in [3.63, 3.8) is 0 Å². The second kappa shape index (κ2) is 3.93. The van der Waals surface area contributed by atoms with Crippen molar-refractivity contribution in [2.45, 2.75) is 13.8 Å². The minimum atomic E-state index is 0.424. The van der Waals surface area contributed by atoms with E-state index in [0.29, 0.717) is 22.9 Å². The predicted molar refractivity (Wildman–Crippen MR) is 70.2 cm³/mol. The van der Waals surface area contributed by atoms with Crippen LogP contribution >= 0.6 is 0 Å². The molecule has 0 aliphatic rings. The molecule has 6 N–H and O–H groups in total. The molecule has 0 radical (unpaired) electrons. The van der Waals surface area contributed by atoms with Gasteiger partial charge in [-0.1, -0.05) is 12.1 Å². The van der Waals surface area contributed by atoms with Crippen molar-refractivity contribution in [1.29, 1.82) is 0 Å². The highest BCUT2D eigenvalue weighted by atomic mass is 15.1. The maximum atomic E-state index is 5.98. The van der Waals surface area contributed by atoms with Crippen LogP contribution in [0, 0.1) is 13.8 Å². The molecule has 1 aromatic heterocycles. The summed E-state index contributed by atoms with van der Waals surface area (Å²) in [6.07, 6.45) is 0. The standard InChI is InChI=1S/C12H15N5/c1-6-3-4-8(11(14)10(6)13)9-5-7(2)12(15)17-16-9/h3-5H,13-14H2,1-2H3,(H2,15,17). The highest BCUT2D eigenvalue weighted by Crippen LogP contribution is 2.31. The van der Waals surface area contributed by atoms with Crippen molar-refractivity contribution >= 4 is 17.2 Å². The smallest absolute Gasteiger partial charge is 0.149 e. The van der Waals surface area contributed by atoms with E-state index in [4.69, 9.17) is 17.2 Å². The predicted octanol–water partition coefficient (Wildman–Crippen LogP) is 1.51. The molecule has 5 nitrogen and oxygen atoms in total. The first-order valence-corrected chi connectivity index (χ1v) is 5.25. The Bertz CT molecular complexity index is 577. The zero-order valence-corrected chi connectivity index (χ0v) is 9.86. The third kappa shape index (κ3) is 1.87. The van der Waals surface area contributed by atoms with Crippen molar-refractivity contribution in [3.05, 3.63) is 29.3 Å². The maximum absolute atomic E-state index is 5.98. The highest BCUT2D eigenvalue weighted by Gasteiger charge is 2.10. The van der Waals surface area contributed by atoms with Crippen molar-refractivity contribution in [3.8, 4) is 11.3 Å². The van der Waals surface area contributed by atoms with Gasteiger partial charge in [-0.05, 0) is 31.0 Å². The molecule has 2 aromatic rings. The Morgan fingerprint density at radius 1 is 0.882 bits per heavy atom. The van der Waals surface area contributed by atoms with Gasteiger partial charge in [-0.2, -0.15) is 0 Å². The summed E-state index contributed by atoms with van der Waals surface area (Å²) in [7, 11) is 0. The number of anilines is 3. The number of nitrogen functional groups attached to an aromatic ring is 3. The van der Waals surface area contributed by atoms with Gasteiger partial charge in [-0.3, -0.25) is 0 Å². The largest absolute Gasteiger partial charge is 0.397 e. The fraction of sp³-hybridized carbons (Fsp3) is 0.167. The lowest BCUT2D eigenvalue weighted by molar-refractivity contribution is 1.03. The lowest BCUT2D eigenvalue weighted by Gasteiger charge is -2.10. The summed E-state index contributed by atoms with van der Waals surface area (Å²) in [5.41, 5.74) is 21.9. The number of benzene rings is 1. The molecule has 17 heavy (non-hydrogen) atoms. The molecular formula is C12H15N5. The molecule has 0 saturated heterocycles. The quantitative estimate of drug-likeness (QED) is 0.643. The number of hydrogen-bond donors (Lipinski definition) is 3. The molecule has 1 aromatic carbocycles. The van der Waals surface area contributed by atoms with Gasteiger partial charge < -0.3 is 17.2 Å². The van der Waals surface area contributed by atoms with Gasteiger partial charge in [0.2, 0.25) is 0 Å². The number of nitrogens with two attached hydrogens (primary N) is 3. The molecule has 5 heteroatoms. The molecule has 2 rings (SSSR count). The Balaban J connectivity index is 2.61. The Morgan fingerprint density at radius 2 is 1.59 bits per heavy atom. The summed E-state index contributed by atoms with van der Waals surface area (Å²) in [6, 6.07) is 5.65. The summed E-state index contributed by atoms with van der Waals surface area (Å²) in [5, 5.41) is 7.91. The van der Waals surface area contributed by atoms with Gasteiger partial charge in [0, 0.05) is 5.56 Å². The van der Waals surface area contributed by atoms with Crippen molar-refractivity contribution in [2.75, 3.05) is 17.2 Å². The molecule has 0 saturated carbocycles. The third-order valence-electron chi connectivity index (χ3n) is 2.80. The highest BCUT2D eigenvalue weighted by molar-refractivity contribution is 5.84. The van der Waals surface area contributed by atoms with Crippen LogP contribution in [0.3, 0.4) is 0 Å². The van der Waals surface area contributed by atoms with E-state index in [2.05, 4.69) is 10.2 Å². The van der Waals surface area contributed by atoms with Crippen LogP contribution in [0.4, 0.5) is 17.2 Å². The van der Waals surface area contributed by atoms with E-state index in [1.165, 1.54) is 0 Å². The van der Waals surface area contributed by atoms with E-state index < -0.39 is 0 Å². The monoisotopic (exact) mass is 229 g/mol. The first-order chi connectivity index (χ1) is 8.00. The minimum absolute atomic E-state index is 0.424. The van der Waals surface area contributed by atoms with Crippen LogP contribution in [-0.2, 0) is 0 Å². The fourth-order valence-electron chi connectivity index (χ4n) is 1.59. The van der Waals surface area contributed by atoms with Gasteiger partial charge >= 0.3 is 0 Å². The topological polar surface area (TPSA) is 104 Å². The van der Waals surface area contributed by atoms with Crippen LogP contribution in [-0.4, -0.2) is 10.2 Å². The number of hydrogen-bond acceptors (Lipinski definition) is 5. The number of aryl methyl sites for hydroxylation is 2. The lowest BCUT2D eigenvalue weighted by Crippen LogP contribution is -2.02. The first kappa shape index (κ1) is 11.2. The first-order valence-electron chi connectivity index (χ1n) is 5.25. The van der Waals surface area contributed by atoms with E-state index in [9.17, 15) is 0 Å². The van der Waals surface area contributed by atoms with Gasteiger partial charge in [0.05, 0.1) is 17.1 Å². The van der Waals surface area contributed by atoms with Crippen molar-refractivity contribution < 1.29 is 0 Å². The average molecular weight is 229 g/mol. The summed E-state index contributed by atoms with van der Waals surface area (Å²) < 4.78 is 0. The van der Waals surface area contributed by atoms with Gasteiger partial charge in [0.1, 0.15) is 5.82 Å². The van der Waals surface area contributed by atoms with Gasteiger partial charge in [0.15, 0.2) is 0 Å². The van der Waals surface area contributed by atoms with E-state index in [0.717, 1.165) is 16.7 Å². The van der Waals surface area contributed by atoms with Crippen LogP contribution in [0.5, 0.6) is 0 Å². The molecule has 0 aliphatic heterocycles. The molecular weight excluding hydrogens is 214 g/mol. The van der Waals surface area contributed by atoms with E-state index >= 15 is 0 Å². The molecule has 0 atom stereocenters. The van der Waals surface area contributed by atoms with E-state index in [1.54, 1.807) is 0 Å². The third-order valence-corrected chi connectivity index (χ3v) is 2.80. The number of nitrogens with zero attached hydrogens (tertiary/aromatic N) is 2. The van der Waals surface area contributed by atoms with Gasteiger partial charge in [0.25, 0.3) is 0 Å². The second-order valence-corrected chi connectivity index (χ2v) is 4.06. The summed E-state index contributed by atoms with van der Waals surface area (Å²) >= 11 is 0. The zero-order chi connectivity index (χ0) is 12.6. The normalized spacial score (nSPS) is 10.5. The van der Waals surface area contributed by atoms with Crippen LogP contribution in [0.25, 0.3) is 11.3 Å². The van der Waals surface area contributed by atoms with Crippen LogP contribution in [0.2, 0.25) is 0 Å². The van der Waals surface area contributed by atoms with Crippen molar-refractivity contribution in [2.24, 2.45) is 0 Å². The molecule has 88 valence electrons. The molecule has 0 aliphatic carbocycles. The zero-order valence-electron chi connectivity index (χ0n) is 9.86. The Kier molecular flexibility index (Phi) is 2.59. The van der Waals surface area contributed by atoms with Crippen LogP contribution in [0.15, 0.2) is 18.2 Å². The molecule has 0 spiro atoms. The van der Waals surface area contributed by atoms with Gasteiger partial charge in [-0.25, -0.2) is 0 Å².